The molecule has 1 aromatic rings. The molecule has 1 rings (SSSR count). The minimum atomic E-state index is 0.309. The van der Waals surface area contributed by atoms with E-state index in [0.717, 1.165) is 17.4 Å². The molecule has 0 saturated carbocycles. The fourth-order valence-electron chi connectivity index (χ4n) is 1.18. The van der Waals surface area contributed by atoms with Gasteiger partial charge in [-0.3, -0.25) is 0 Å². The summed E-state index contributed by atoms with van der Waals surface area (Å²) in [4.78, 5) is 0. The second kappa shape index (κ2) is 6.49. The van der Waals surface area contributed by atoms with E-state index in [4.69, 9.17) is 5.73 Å². The van der Waals surface area contributed by atoms with Crippen LogP contribution in [0.25, 0.3) is 0 Å². The highest BCUT2D eigenvalue weighted by Crippen LogP contribution is 2.16. The molecule has 0 aliphatic rings. The maximum Gasteiger partial charge on any atom is 0.0171 e. The first-order valence-electron chi connectivity index (χ1n) is 5.10. The van der Waals surface area contributed by atoms with Gasteiger partial charge in [0.15, 0.2) is 0 Å². The minimum Gasteiger partial charge on any atom is -0.327 e. The number of thioether (sulfide) groups is 1. The third-order valence-electron chi connectivity index (χ3n) is 2.25. The molecule has 0 saturated heterocycles. The van der Waals surface area contributed by atoms with Crippen LogP contribution in [0.4, 0.5) is 0 Å². The van der Waals surface area contributed by atoms with Crippen molar-refractivity contribution in [2.45, 2.75) is 38.0 Å². The van der Waals surface area contributed by atoms with Gasteiger partial charge in [-0.1, -0.05) is 13.8 Å². The highest BCUT2D eigenvalue weighted by atomic mass is 32.2. The summed E-state index contributed by atoms with van der Waals surface area (Å²) in [5.41, 5.74) is 7.43. The SMILES string of the molecule is CCC(C)SCC(N)Cc1ccsc1. The second-order valence-corrected chi connectivity index (χ2v) is 5.90. The van der Waals surface area contributed by atoms with Gasteiger partial charge in [0.1, 0.15) is 0 Å². The second-order valence-electron chi connectivity index (χ2n) is 3.65. The smallest absolute Gasteiger partial charge is 0.0171 e. The van der Waals surface area contributed by atoms with Gasteiger partial charge in [0, 0.05) is 17.0 Å². The predicted octanol–water partition coefficient (Wildman–Crippen LogP) is 3.15. The van der Waals surface area contributed by atoms with Crippen LogP contribution in [0.5, 0.6) is 0 Å². The topological polar surface area (TPSA) is 26.0 Å². The monoisotopic (exact) mass is 229 g/mol. The summed E-state index contributed by atoms with van der Waals surface area (Å²) in [6.07, 6.45) is 2.25. The summed E-state index contributed by atoms with van der Waals surface area (Å²) < 4.78 is 0. The molecule has 0 aliphatic carbocycles. The summed E-state index contributed by atoms with van der Waals surface area (Å²) in [6.45, 7) is 4.49. The van der Waals surface area contributed by atoms with Crippen molar-refractivity contribution in [1.82, 2.24) is 0 Å². The molecule has 1 aromatic heterocycles. The lowest BCUT2D eigenvalue weighted by Crippen LogP contribution is -2.26. The zero-order valence-electron chi connectivity index (χ0n) is 8.90. The lowest BCUT2D eigenvalue weighted by molar-refractivity contribution is 0.747. The Hall–Kier alpha value is 0.01000. The molecule has 80 valence electrons. The molecule has 0 radical (unpaired) electrons. The first-order valence-corrected chi connectivity index (χ1v) is 7.09. The summed E-state index contributed by atoms with van der Waals surface area (Å²) in [6, 6.07) is 2.47. The fourth-order valence-corrected chi connectivity index (χ4v) is 2.79. The van der Waals surface area contributed by atoms with Gasteiger partial charge in [-0.05, 0) is 35.2 Å². The van der Waals surface area contributed by atoms with E-state index in [1.54, 1.807) is 11.3 Å². The largest absolute Gasteiger partial charge is 0.327 e. The number of hydrogen-bond donors (Lipinski definition) is 1. The van der Waals surface area contributed by atoms with Crippen LogP contribution in [-0.4, -0.2) is 17.0 Å². The molecule has 1 heterocycles. The van der Waals surface area contributed by atoms with E-state index < -0.39 is 0 Å². The Labute approximate surface area is 95.1 Å². The van der Waals surface area contributed by atoms with Crippen LogP contribution in [0.3, 0.4) is 0 Å². The van der Waals surface area contributed by atoms with E-state index in [1.165, 1.54) is 12.0 Å². The number of nitrogens with two attached hydrogens (primary N) is 1. The Bertz CT molecular complexity index is 233. The molecule has 14 heavy (non-hydrogen) atoms. The summed E-state index contributed by atoms with van der Waals surface area (Å²) in [7, 11) is 0. The predicted molar refractivity (Wildman–Crippen MR) is 68.2 cm³/mol. The molecular formula is C11H19NS2. The first-order chi connectivity index (χ1) is 6.72. The maximum absolute atomic E-state index is 6.05. The molecule has 0 bridgehead atoms. The van der Waals surface area contributed by atoms with E-state index in [1.807, 2.05) is 11.8 Å². The third-order valence-corrected chi connectivity index (χ3v) is 4.50. The van der Waals surface area contributed by atoms with E-state index in [2.05, 4.69) is 30.7 Å². The van der Waals surface area contributed by atoms with Crippen molar-refractivity contribution in [3.05, 3.63) is 22.4 Å². The summed E-state index contributed by atoms with van der Waals surface area (Å²) in [5, 5.41) is 5.04. The van der Waals surface area contributed by atoms with Crippen molar-refractivity contribution in [2.24, 2.45) is 5.73 Å². The fraction of sp³-hybridized carbons (Fsp3) is 0.636. The lowest BCUT2D eigenvalue weighted by atomic mass is 10.1. The van der Waals surface area contributed by atoms with Crippen LogP contribution in [0.2, 0.25) is 0 Å². The van der Waals surface area contributed by atoms with Gasteiger partial charge in [-0.25, -0.2) is 0 Å². The Morgan fingerprint density at radius 2 is 2.36 bits per heavy atom. The quantitative estimate of drug-likeness (QED) is 0.811. The zero-order valence-corrected chi connectivity index (χ0v) is 10.5. The average molecular weight is 229 g/mol. The highest BCUT2D eigenvalue weighted by molar-refractivity contribution is 7.99. The molecule has 0 spiro atoms. The van der Waals surface area contributed by atoms with Crippen LogP contribution < -0.4 is 5.73 Å². The molecule has 2 atom stereocenters. The molecule has 2 unspecified atom stereocenters. The van der Waals surface area contributed by atoms with E-state index >= 15 is 0 Å². The molecule has 3 heteroatoms. The van der Waals surface area contributed by atoms with Crippen LogP contribution in [0, 0.1) is 0 Å². The van der Waals surface area contributed by atoms with E-state index in [-0.39, 0.29) is 0 Å². The summed E-state index contributed by atoms with van der Waals surface area (Å²) >= 11 is 3.73. The molecule has 0 amide bonds. The maximum atomic E-state index is 6.05. The first kappa shape index (κ1) is 12.1. The Kier molecular flexibility index (Phi) is 5.60. The molecular weight excluding hydrogens is 210 g/mol. The van der Waals surface area contributed by atoms with E-state index in [0.29, 0.717) is 6.04 Å². The van der Waals surface area contributed by atoms with Gasteiger partial charge in [0.2, 0.25) is 0 Å². The van der Waals surface area contributed by atoms with Gasteiger partial charge >= 0.3 is 0 Å². The lowest BCUT2D eigenvalue weighted by Gasteiger charge is -2.13. The van der Waals surface area contributed by atoms with Crippen molar-refractivity contribution in [1.29, 1.82) is 0 Å². The average Bonchev–Trinajstić information content (AvgIpc) is 2.66. The Balaban J connectivity index is 2.19. The molecule has 0 fully saturated rings. The van der Waals surface area contributed by atoms with Crippen LogP contribution in [-0.2, 0) is 6.42 Å². The van der Waals surface area contributed by atoms with Gasteiger partial charge in [0.25, 0.3) is 0 Å². The number of thiophene rings is 1. The van der Waals surface area contributed by atoms with Crippen molar-refractivity contribution < 1.29 is 0 Å². The van der Waals surface area contributed by atoms with E-state index in [9.17, 15) is 0 Å². The zero-order chi connectivity index (χ0) is 10.4. The number of rotatable bonds is 6. The van der Waals surface area contributed by atoms with Crippen molar-refractivity contribution in [3.8, 4) is 0 Å². The van der Waals surface area contributed by atoms with Crippen molar-refractivity contribution >= 4 is 23.1 Å². The molecule has 0 aliphatic heterocycles. The van der Waals surface area contributed by atoms with Gasteiger partial charge in [0.05, 0.1) is 0 Å². The van der Waals surface area contributed by atoms with Crippen LogP contribution in [0.15, 0.2) is 16.8 Å². The Morgan fingerprint density at radius 3 is 2.93 bits per heavy atom. The van der Waals surface area contributed by atoms with Crippen molar-refractivity contribution in [2.75, 3.05) is 5.75 Å². The normalized spacial score (nSPS) is 15.4. The van der Waals surface area contributed by atoms with Gasteiger partial charge < -0.3 is 5.73 Å². The third kappa shape index (κ3) is 4.49. The Morgan fingerprint density at radius 1 is 1.57 bits per heavy atom. The molecule has 1 nitrogen and oxygen atoms in total. The molecule has 0 aromatic carbocycles. The number of hydrogen-bond acceptors (Lipinski definition) is 3. The summed E-state index contributed by atoms with van der Waals surface area (Å²) in [5.74, 6) is 1.07. The van der Waals surface area contributed by atoms with Crippen LogP contribution >= 0.6 is 23.1 Å². The van der Waals surface area contributed by atoms with Crippen molar-refractivity contribution in [3.63, 3.8) is 0 Å². The standard InChI is InChI=1S/C11H19NS2/c1-3-9(2)14-8-11(12)6-10-4-5-13-7-10/h4-5,7,9,11H,3,6,8,12H2,1-2H3. The highest BCUT2D eigenvalue weighted by Gasteiger charge is 2.07. The molecule has 2 N–H and O–H groups in total. The van der Waals surface area contributed by atoms with Gasteiger partial charge in [-0.2, -0.15) is 23.1 Å². The minimum absolute atomic E-state index is 0.309. The van der Waals surface area contributed by atoms with Crippen LogP contribution in [0.1, 0.15) is 25.8 Å². The van der Waals surface area contributed by atoms with Gasteiger partial charge in [-0.15, -0.1) is 0 Å².